The second kappa shape index (κ2) is 9.20. The minimum atomic E-state index is -1.57. The maximum absolute atomic E-state index is 12.6. The molecule has 30 heavy (non-hydrogen) atoms. The molecule has 2 aromatic carbocycles. The number of ether oxygens (including phenoxy) is 2. The number of hydrogen-bond acceptors (Lipinski definition) is 6. The van der Waals surface area contributed by atoms with Crippen LogP contribution in [-0.4, -0.2) is 46.1 Å². The van der Waals surface area contributed by atoms with Crippen molar-refractivity contribution in [2.45, 2.75) is 49.7 Å². The Morgan fingerprint density at radius 1 is 1.17 bits per heavy atom. The Hall–Kier alpha value is -2.35. The van der Waals surface area contributed by atoms with E-state index in [1.54, 1.807) is 24.3 Å². The van der Waals surface area contributed by atoms with Crippen LogP contribution in [0.25, 0.3) is 0 Å². The van der Waals surface area contributed by atoms with Crippen LogP contribution in [0.3, 0.4) is 0 Å². The summed E-state index contributed by atoms with van der Waals surface area (Å²) in [6.45, 7) is 0. The molecule has 0 aliphatic carbocycles. The first-order chi connectivity index (χ1) is 14.5. The molecule has 2 aromatic rings. The number of amides is 1. The summed E-state index contributed by atoms with van der Waals surface area (Å²) in [6.07, 6.45) is 1.30. The SMILES string of the molecule is O=C1N[C@H]([C@@]2(O)C[C@H](OC(=O)c3ccccc3)CC(CCc3ccccc3)O2)CS1. The quantitative estimate of drug-likeness (QED) is 0.686. The fourth-order valence-corrected chi connectivity index (χ4v) is 4.86. The lowest BCUT2D eigenvalue weighted by molar-refractivity contribution is -0.281. The summed E-state index contributed by atoms with van der Waals surface area (Å²) in [6, 6.07) is 18.3. The number of hydrogen-bond donors (Lipinski definition) is 2. The standard InChI is InChI=1S/C23H25NO5S/c25-21(17-9-5-2-6-10-17)28-19-13-18(12-11-16-7-3-1-4-8-16)29-23(27,14-19)20-15-30-22(26)24-20/h1-10,18-20,27H,11-15H2,(H,24,26)/t18?,19-,20+,23-/m1/s1. The van der Waals surface area contributed by atoms with Crippen LogP contribution in [0.5, 0.6) is 0 Å². The molecule has 2 aliphatic rings. The Labute approximate surface area is 180 Å². The van der Waals surface area contributed by atoms with Crippen molar-refractivity contribution in [2.24, 2.45) is 0 Å². The highest BCUT2D eigenvalue weighted by atomic mass is 32.2. The van der Waals surface area contributed by atoms with Gasteiger partial charge in [0.2, 0.25) is 0 Å². The lowest BCUT2D eigenvalue weighted by Crippen LogP contribution is -2.58. The summed E-state index contributed by atoms with van der Waals surface area (Å²) in [5, 5.41) is 13.9. The third kappa shape index (κ3) is 5.03. The van der Waals surface area contributed by atoms with Gasteiger partial charge in [-0.05, 0) is 30.5 Å². The Morgan fingerprint density at radius 2 is 1.87 bits per heavy atom. The summed E-state index contributed by atoms with van der Waals surface area (Å²) in [5.74, 6) is -1.57. The van der Waals surface area contributed by atoms with Crippen molar-refractivity contribution in [3.8, 4) is 0 Å². The Bertz CT molecular complexity index is 878. The molecule has 2 saturated heterocycles. The molecule has 2 aliphatic heterocycles. The first-order valence-electron chi connectivity index (χ1n) is 10.2. The van der Waals surface area contributed by atoms with Crippen LogP contribution in [0, 0.1) is 0 Å². The van der Waals surface area contributed by atoms with Crippen molar-refractivity contribution in [1.29, 1.82) is 0 Å². The smallest absolute Gasteiger partial charge is 0.338 e. The molecule has 0 bridgehead atoms. The van der Waals surface area contributed by atoms with Gasteiger partial charge in [-0.2, -0.15) is 0 Å². The normalized spacial score (nSPS) is 28.7. The molecular formula is C23H25NO5S. The monoisotopic (exact) mass is 427 g/mol. The predicted molar refractivity (Wildman–Crippen MR) is 114 cm³/mol. The van der Waals surface area contributed by atoms with E-state index in [0.29, 0.717) is 24.2 Å². The van der Waals surface area contributed by atoms with Gasteiger partial charge in [-0.15, -0.1) is 0 Å². The molecule has 0 radical (unpaired) electrons. The molecule has 4 atom stereocenters. The minimum Gasteiger partial charge on any atom is -0.458 e. The minimum absolute atomic E-state index is 0.124. The number of carbonyl (C=O) groups is 2. The third-order valence-corrected chi connectivity index (χ3v) is 6.40. The molecule has 158 valence electrons. The average Bonchev–Trinajstić information content (AvgIpc) is 3.21. The maximum atomic E-state index is 12.6. The molecule has 2 heterocycles. The number of carbonyl (C=O) groups excluding carboxylic acids is 2. The fraction of sp³-hybridized carbons (Fsp3) is 0.391. The van der Waals surface area contributed by atoms with Crippen LogP contribution in [0.4, 0.5) is 4.79 Å². The molecule has 0 spiro atoms. The van der Waals surface area contributed by atoms with Gasteiger partial charge in [-0.3, -0.25) is 4.79 Å². The van der Waals surface area contributed by atoms with E-state index in [0.717, 1.165) is 18.2 Å². The molecule has 2 fully saturated rings. The van der Waals surface area contributed by atoms with E-state index in [1.807, 2.05) is 24.3 Å². The second-order valence-electron chi connectivity index (χ2n) is 7.74. The second-order valence-corrected chi connectivity index (χ2v) is 8.73. The molecule has 7 heteroatoms. The van der Waals surface area contributed by atoms with E-state index in [-0.39, 0.29) is 17.8 Å². The van der Waals surface area contributed by atoms with Crippen molar-refractivity contribution >= 4 is 23.0 Å². The van der Waals surface area contributed by atoms with E-state index in [2.05, 4.69) is 17.4 Å². The van der Waals surface area contributed by atoms with Gasteiger partial charge >= 0.3 is 5.97 Å². The van der Waals surface area contributed by atoms with Crippen molar-refractivity contribution in [3.05, 3.63) is 71.8 Å². The lowest BCUT2D eigenvalue weighted by Gasteiger charge is -2.43. The molecule has 1 amide bonds. The number of aliphatic hydroxyl groups is 1. The summed E-state index contributed by atoms with van der Waals surface area (Å²) in [4.78, 5) is 24.2. The number of thioether (sulfide) groups is 1. The predicted octanol–water partition coefficient (Wildman–Crippen LogP) is 3.54. The largest absolute Gasteiger partial charge is 0.458 e. The van der Waals surface area contributed by atoms with Gasteiger partial charge in [0.1, 0.15) is 6.10 Å². The molecule has 2 N–H and O–H groups in total. The Kier molecular flexibility index (Phi) is 6.41. The lowest BCUT2D eigenvalue weighted by atomic mass is 9.91. The van der Waals surface area contributed by atoms with E-state index in [4.69, 9.17) is 9.47 Å². The summed E-state index contributed by atoms with van der Waals surface area (Å²) < 4.78 is 11.8. The zero-order valence-corrected chi connectivity index (χ0v) is 17.3. The Morgan fingerprint density at radius 3 is 2.53 bits per heavy atom. The Balaban J connectivity index is 1.47. The van der Waals surface area contributed by atoms with Crippen LogP contribution >= 0.6 is 11.8 Å². The first kappa shape index (κ1) is 20.9. The van der Waals surface area contributed by atoms with E-state index in [9.17, 15) is 14.7 Å². The molecule has 0 aromatic heterocycles. The molecular weight excluding hydrogens is 402 g/mol. The highest BCUT2D eigenvalue weighted by Crippen LogP contribution is 2.36. The third-order valence-electron chi connectivity index (χ3n) is 5.52. The topological polar surface area (TPSA) is 84.9 Å². The van der Waals surface area contributed by atoms with Gasteiger partial charge in [0, 0.05) is 18.6 Å². The van der Waals surface area contributed by atoms with Crippen molar-refractivity contribution < 1.29 is 24.2 Å². The zero-order chi connectivity index (χ0) is 21.0. The van der Waals surface area contributed by atoms with Crippen molar-refractivity contribution in [2.75, 3.05) is 5.75 Å². The molecule has 0 saturated carbocycles. The fourth-order valence-electron chi connectivity index (χ4n) is 3.97. The molecule has 1 unspecified atom stereocenters. The van der Waals surface area contributed by atoms with E-state index in [1.165, 1.54) is 5.56 Å². The summed E-state index contributed by atoms with van der Waals surface area (Å²) >= 11 is 1.12. The zero-order valence-electron chi connectivity index (χ0n) is 16.5. The maximum Gasteiger partial charge on any atom is 0.338 e. The van der Waals surface area contributed by atoms with Gasteiger partial charge in [0.25, 0.3) is 5.24 Å². The van der Waals surface area contributed by atoms with Crippen molar-refractivity contribution in [3.63, 3.8) is 0 Å². The highest BCUT2D eigenvalue weighted by molar-refractivity contribution is 8.14. The van der Waals surface area contributed by atoms with Crippen molar-refractivity contribution in [1.82, 2.24) is 5.32 Å². The number of esters is 1. The van der Waals surface area contributed by atoms with Crippen LogP contribution in [0.2, 0.25) is 0 Å². The highest BCUT2D eigenvalue weighted by Gasteiger charge is 2.49. The van der Waals surface area contributed by atoms with Crippen LogP contribution < -0.4 is 5.32 Å². The molecule has 6 nitrogen and oxygen atoms in total. The number of benzene rings is 2. The van der Waals surface area contributed by atoms with Crippen LogP contribution in [-0.2, 0) is 15.9 Å². The summed E-state index contributed by atoms with van der Waals surface area (Å²) in [7, 11) is 0. The van der Waals surface area contributed by atoms with E-state index >= 15 is 0 Å². The first-order valence-corrected chi connectivity index (χ1v) is 11.1. The van der Waals surface area contributed by atoms with Gasteiger partial charge in [0.05, 0.1) is 17.7 Å². The van der Waals surface area contributed by atoms with Crippen LogP contribution in [0.15, 0.2) is 60.7 Å². The summed E-state index contributed by atoms with van der Waals surface area (Å²) in [5.41, 5.74) is 1.65. The number of aryl methyl sites for hydroxylation is 1. The van der Waals surface area contributed by atoms with Gasteiger partial charge in [-0.1, -0.05) is 60.3 Å². The number of rotatable bonds is 6. The van der Waals surface area contributed by atoms with Gasteiger partial charge < -0.3 is 19.9 Å². The van der Waals surface area contributed by atoms with Gasteiger partial charge in [-0.25, -0.2) is 4.79 Å². The van der Waals surface area contributed by atoms with Crippen LogP contribution in [0.1, 0.15) is 35.2 Å². The van der Waals surface area contributed by atoms with Gasteiger partial charge in [0.15, 0.2) is 5.79 Å². The van der Waals surface area contributed by atoms with E-state index < -0.39 is 23.9 Å². The average molecular weight is 428 g/mol. The number of nitrogens with one attached hydrogen (secondary N) is 1. The molecule has 4 rings (SSSR count).